The van der Waals surface area contributed by atoms with Crippen LogP contribution in [0.25, 0.3) is 0 Å². The molecule has 0 saturated heterocycles. The number of halogens is 4. The first-order chi connectivity index (χ1) is 6.43. The van der Waals surface area contributed by atoms with E-state index in [9.17, 15) is 13.6 Å². The van der Waals surface area contributed by atoms with Gasteiger partial charge < -0.3 is 0 Å². The number of carbonyl (C=O) groups excluding carboxylic acids is 1. The minimum absolute atomic E-state index is 0.117. The lowest BCUT2D eigenvalue weighted by atomic mass is 10.2. The summed E-state index contributed by atoms with van der Waals surface area (Å²) in [6.07, 6.45) is -2.69. The Hall–Kier alpha value is -0.300. The van der Waals surface area contributed by atoms with Gasteiger partial charge in [0.05, 0.1) is 0 Å². The van der Waals surface area contributed by atoms with Gasteiger partial charge in [-0.25, -0.2) is 13.8 Å². The van der Waals surface area contributed by atoms with E-state index in [1.54, 1.807) is 0 Å². The maximum Gasteiger partial charge on any atom is 0.280 e. The number of carbonyl (C=O) groups is 1. The van der Waals surface area contributed by atoms with Gasteiger partial charge in [0.15, 0.2) is 0 Å². The lowest BCUT2D eigenvalue weighted by Crippen LogP contribution is -2.04. The third kappa shape index (κ3) is 2.38. The molecule has 0 fully saturated rings. The molecule has 1 rings (SSSR count). The van der Waals surface area contributed by atoms with E-state index in [1.807, 2.05) is 22.6 Å². The number of alkyl halides is 2. The van der Waals surface area contributed by atoms with E-state index in [0.717, 1.165) is 0 Å². The number of pyridine rings is 1. The minimum atomic E-state index is -2.69. The molecule has 0 aliphatic heterocycles. The highest BCUT2D eigenvalue weighted by Crippen LogP contribution is 2.24. The maximum atomic E-state index is 12.4. The van der Waals surface area contributed by atoms with Crippen molar-refractivity contribution in [2.24, 2.45) is 0 Å². The molecule has 0 bridgehead atoms. The zero-order valence-electron chi connectivity index (χ0n) is 7.02. The van der Waals surface area contributed by atoms with E-state index in [-0.39, 0.29) is 5.69 Å². The van der Waals surface area contributed by atoms with Crippen LogP contribution in [0.5, 0.6) is 0 Å². The molecule has 0 radical (unpaired) electrons. The van der Waals surface area contributed by atoms with Gasteiger partial charge in [-0.1, -0.05) is 0 Å². The van der Waals surface area contributed by atoms with Crippen LogP contribution in [0.1, 0.15) is 28.2 Å². The van der Waals surface area contributed by atoms with Crippen molar-refractivity contribution >= 4 is 39.4 Å². The lowest BCUT2D eigenvalue weighted by molar-refractivity contribution is 0.107. The molecule has 0 atom stereocenters. The highest BCUT2D eigenvalue weighted by atomic mass is 127. The van der Waals surface area contributed by atoms with Gasteiger partial charge >= 0.3 is 0 Å². The molecule has 1 aromatic heterocycles. The van der Waals surface area contributed by atoms with Crippen molar-refractivity contribution in [2.75, 3.05) is 0 Å². The Labute approximate surface area is 97.8 Å². The molecule has 0 unspecified atom stereocenters. The number of aryl methyl sites for hydroxylation is 1. The molecule has 6 heteroatoms. The van der Waals surface area contributed by atoms with Gasteiger partial charge in [-0.15, -0.1) is 0 Å². The molecule has 2 nitrogen and oxygen atoms in total. The molecule has 1 heterocycles. The maximum absolute atomic E-state index is 12.4. The summed E-state index contributed by atoms with van der Waals surface area (Å²) < 4.78 is 25.2. The van der Waals surface area contributed by atoms with E-state index in [1.165, 1.54) is 13.0 Å². The van der Waals surface area contributed by atoms with E-state index >= 15 is 0 Å². The van der Waals surface area contributed by atoms with E-state index in [2.05, 4.69) is 4.98 Å². The molecule has 0 aliphatic rings. The number of rotatable bonds is 2. The van der Waals surface area contributed by atoms with Crippen LogP contribution in [-0.2, 0) is 0 Å². The molecule has 0 amide bonds. The third-order valence-electron chi connectivity index (χ3n) is 1.60. The van der Waals surface area contributed by atoms with Gasteiger partial charge in [-0.2, -0.15) is 0 Å². The fourth-order valence-electron chi connectivity index (χ4n) is 0.953. The summed E-state index contributed by atoms with van der Waals surface area (Å²) in [5.41, 5.74) is -0.159. The molecule has 0 spiro atoms. The summed E-state index contributed by atoms with van der Waals surface area (Å²) in [7, 11) is 0. The van der Waals surface area contributed by atoms with Crippen molar-refractivity contribution in [1.29, 1.82) is 0 Å². The summed E-state index contributed by atoms with van der Waals surface area (Å²) in [6, 6.07) is 1.46. The fourth-order valence-corrected chi connectivity index (χ4v) is 2.09. The molecular weight excluding hydrogens is 326 g/mol. The summed E-state index contributed by atoms with van der Waals surface area (Å²) >= 11 is 7.01. The second kappa shape index (κ2) is 4.48. The summed E-state index contributed by atoms with van der Waals surface area (Å²) in [5, 5.41) is -0.823. The lowest BCUT2D eigenvalue weighted by Gasteiger charge is -2.06. The van der Waals surface area contributed by atoms with Gasteiger partial charge in [-0.3, -0.25) is 4.79 Å². The molecule has 14 heavy (non-hydrogen) atoms. The van der Waals surface area contributed by atoms with Gasteiger partial charge in [-0.05, 0) is 52.7 Å². The van der Waals surface area contributed by atoms with E-state index in [0.29, 0.717) is 9.13 Å². The van der Waals surface area contributed by atoms with Crippen LogP contribution in [0.3, 0.4) is 0 Å². The third-order valence-corrected chi connectivity index (χ3v) is 2.60. The predicted octanol–water partition coefficient (Wildman–Crippen LogP) is 3.31. The molecule has 0 N–H and O–H groups in total. The SMILES string of the molecule is Cc1cc(I)c(C(=O)Cl)nc1C(F)F. The van der Waals surface area contributed by atoms with Crippen LogP contribution in [0, 0.1) is 10.5 Å². The Bertz CT molecular complexity index is 384. The summed E-state index contributed by atoms with van der Waals surface area (Å²) in [4.78, 5) is 14.3. The Morgan fingerprint density at radius 1 is 1.64 bits per heavy atom. The number of hydrogen-bond donors (Lipinski definition) is 0. The van der Waals surface area contributed by atoms with E-state index < -0.39 is 17.4 Å². The largest absolute Gasteiger partial charge is 0.280 e. The van der Waals surface area contributed by atoms with Crippen LogP contribution in [0.15, 0.2) is 6.07 Å². The first-order valence-corrected chi connectivity index (χ1v) is 5.04. The molecule has 76 valence electrons. The van der Waals surface area contributed by atoms with Crippen LogP contribution in [-0.4, -0.2) is 10.2 Å². The monoisotopic (exact) mass is 331 g/mol. The first-order valence-electron chi connectivity index (χ1n) is 3.58. The van der Waals surface area contributed by atoms with Gasteiger partial charge in [0.25, 0.3) is 11.7 Å². The topological polar surface area (TPSA) is 30.0 Å². The standard InChI is InChI=1S/C8H5ClF2INO/c1-3-2-4(12)6(7(9)14)13-5(3)8(10)11/h2,8H,1H3. The average Bonchev–Trinajstić information content (AvgIpc) is 2.02. The molecule has 0 aliphatic carbocycles. The number of aromatic nitrogens is 1. The second-order valence-electron chi connectivity index (χ2n) is 2.60. The highest BCUT2D eigenvalue weighted by molar-refractivity contribution is 14.1. The zero-order valence-corrected chi connectivity index (χ0v) is 9.94. The van der Waals surface area contributed by atoms with Crippen molar-refractivity contribution in [2.45, 2.75) is 13.3 Å². The Morgan fingerprint density at radius 3 is 2.64 bits per heavy atom. The Balaban J connectivity index is 3.34. The first kappa shape index (κ1) is 11.8. The zero-order chi connectivity index (χ0) is 10.9. The van der Waals surface area contributed by atoms with Crippen molar-refractivity contribution in [3.8, 4) is 0 Å². The smallest absolute Gasteiger partial charge is 0.274 e. The predicted molar refractivity (Wildman–Crippen MR) is 56.8 cm³/mol. The summed E-state index contributed by atoms with van der Waals surface area (Å²) in [6.45, 7) is 1.51. The number of nitrogens with zero attached hydrogens (tertiary/aromatic N) is 1. The Morgan fingerprint density at radius 2 is 2.21 bits per heavy atom. The normalized spacial score (nSPS) is 10.7. The molecule has 0 aromatic carbocycles. The van der Waals surface area contributed by atoms with Crippen molar-refractivity contribution < 1.29 is 13.6 Å². The van der Waals surface area contributed by atoms with Crippen LogP contribution < -0.4 is 0 Å². The average molecular weight is 331 g/mol. The fraction of sp³-hybridized carbons (Fsp3) is 0.250. The Kier molecular flexibility index (Phi) is 3.77. The second-order valence-corrected chi connectivity index (χ2v) is 4.10. The van der Waals surface area contributed by atoms with Gasteiger partial charge in [0.2, 0.25) is 0 Å². The van der Waals surface area contributed by atoms with Crippen LogP contribution >= 0.6 is 34.2 Å². The minimum Gasteiger partial charge on any atom is -0.274 e. The van der Waals surface area contributed by atoms with E-state index in [4.69, 9.17) is 11.6 Å². The molecule has 0 saturated carbocycles. The van der Waals surface area contributed by atoms with Crippen molar-refractivity contribution in [3.05, 3.63) is 26.6 Å². The van der Waals surface area contributed by atoms with Crippen molar-refractivity contribution in [1.82, 2.24) is 4.98 Å². The molecule has 1 aromatic rings. The summed E-state index contributed by atoms with van der Waals surface area (Å²) in [5.74, 6) is 0. The van der Waals surface area contributed by atoms with Gasteiger partial charge in [0, 0.05) is 3.57 Å². The quantitative estimate of drug-likeness (QED) is 0.615. The number of hydrogen-bond acceptors (Lipinski definition) is 2. The van der Waals surface area contributed by atoms with Crippen LogP contribution in [0.2, 0.25) is 0 Å². The van der Waals surface area contributed by atoms with Crippen molar-refractivity contribution in [3.63, 3.8) is 0 Å². The van der Waals surface area contributed by atoms with Crippen LogP contribution in [0.4, 0.5) is 8.78 Å². The van der Waals surface area contributed by atoms with Gasteiger partial charge in [0.1, 0.15) is 11.4 Å². The highest BCUT2D eigenvalue weighted by Gasteiger charge is 2.18. The molecular formula is C8H5ClF2INO.